The maximum Gasteiger partial charge on any atom is 0.326 e. The van der Waals surface area contributed by atoms with Crippen molar-refractivity contribution in [1.82, 2.24) is 15.5 Å². The van der Waals surface area contributed by atoms with E-state index in [1.165, 1.54) is 0 Å². The number of carboxylic acids is 1. The Morgan fingerprint density at radius 2 is 2.04 bits per heavy atom. The maximum atomic E-state index is 11.8. The fourth-order valence-electron chi connectivity index (χ4n) is 2.04. The predicted octanol–water partition coefficient (Wildman–Crippen LogP) is 1.66. The minimum absolute atomic E-state index is 0.0774. The lowest BCUT2D eigenvalue weighted by atomic mass is 10.2. The van der Waals surface area contributed by atoms with Crippen LogP contribution in [0.5, 0.6) is 5.75 Å². The summed E-state index contributed by atoms with van der Waals surface area (Å²) in [5.41, 5.74) is 0.771. The Hall–Kier alpha value is -2.90. The second-order valence-electron chi connectivity index (χ2n) is 5.11. The van der Waals surface area contributed by atoms with Crippen molar-refractivity contribution in [3.63, 3.8) is 0 Å². The van der Waals surface area contributed by atoms with Crippen molar-refractivity contribution in [3.05, 3.63) is 30.2 Å². The molecule has 128 valence electrons. The molecule has 0 aliphatic rings. The van der Waals surface area contributed by atoms with E-state index in [9.17, 15) is 9.59 Å². The molecule has 0 fully saturated rings. The standard InChI is InChI=1S/C16H19N3O5/c1-3-12(16(21)22)17-13(20)8-9-14-18-15(19-24-14)10-4-6-11(23-2)7-5-10/h4-7,12H,3,8-9H2,1-2H3,(H,17,20)(H,21,22). The highest BCUT2D eigenvalue weighted by Gasteiger charge is 2.18. The normalized spacial score (nSPS) is 11.8. The van der Waals surface area contributed by atoms with Crippen molar-refractivity contribution in [2.24, 2.45) is 0 Å². The summed E-state index contributed by atoms with van der Waals surface area (Å²) in [4.78, 5) is 26.9. The van der Waals surface area contributed by atoms with Gasteiger partial charge in [-0.2, -0.15) is 4.98 Å². The number of nitrogens with one attached hydrogen (secondary N) is 1. The largest absolute Gasteiger partial charge is 0.497 e. The quantitative estimate of drug-likeness (QED) is 0.755. The van der Waals surface area contributed by atoms with Crippen molar-refractivity contribution in [1.29, 1.82) is 0 Å². The second-order valence-corrected chi connectivity index (χ2v) is 5.11. The predicted molar refractivity (Wildman–Crippen MR) is 84.5 cm³/mol. The molecular formula is C16H19N3O5. The van der Waals surface area contributed by atoms with Gasteiger partial charge >= 0.3 is 5.97 Å². The second kappa shape index (κ2) is 8.09. The van der Waals surface area contributed by atoms with Gasteiger partial charge in [0.25, 0.3) is 0 Å². The van der Waals surface area contributed by atoms with Gasteiger partial charge in [-0.1, -0.05) is 12.1 Å². The number of nitrogens with zero attached hydrogens (tertiary/aromatic N) is 2. The Morgan fingerprint density at radius 1 is 1.33 bits per heavy atom. The molecule has 1 amide bonds. The first-order valence-corrected chi connectivity index (χ1v) is 7.52. The Morgan fingerprint density at radius 3 is 2.62 bits per heavy atom. The number of hydrogen-bond acceptors (Lipinski definition) is 6. The van der Waals surface area contributed by atoms with E-state index in [2.05, 4.69) is 15.5 Å². The fraction of sp³-hybridized carbons (Fsp3) is 0.375. The number of aliphatic carboxylic acids is 1. The molecule has 2 rings (SSSR count). The molecule has 0 saturated carbocycles. The van der Waals surface area contributed by atoms with Crippen LogP contribution in [0.25, 0.3) is 11.4 Å². The third-order valence-electron chi connectivity index (χ3n) is 3.42. The fourth-order valence-corrected chi connectivity index (χ4v) is 2.04. The summed E-state index contributed by atoms with van der Waals surface area (Å²) in [6.07, 6.45) is 0.641. The van der Waals surface area contributed by atoms with Crippen LogP contribution < -0.4 is 10.1 Å². The molecule has 1 atom stereocenters. The van der Waals surface area contributed by atoms with Crippen LogP contribution in [0.2, 0.25) is 0 Å². The van der Waals surface area contributed by atoms with Gasteiger partial charge in [0, 0.05) is 18.4 Å². The Kier molecular flexibility index (Phi) is 5.89. The summed E-state index contributed by atoms with van der Waals surface area (Å²) >= 11 is 0. The molecule has 2 aromatic rings. The minimum atomic E-state index is -1.05. The van der Waals surface area contributed by atoms with Crippen molar-refractivity contribution in [3.8, 4) is 17.1 Å². The number of methoxy groups -OCH3 is 1. The number of carbonyl (C=O) groups is 2. The van der Waals surface area contributed by atoms with Crippen LogP contribution >= 0.6 is 0 Å². The molecule has 2 N–H and O–H groups in total. The van der Waals surface area contributed by atoms with Crippen LogP contribution in [0.4, 0.5) is 0 Å². The molecule has 0 radical (unpaired) electrons. The van der Waals surface area contributed by atoms with Gasteiger partial charge in [0.2, 0.25) is 17.6 Å². The molecule has 0 aliphatic carbocycles. The van der Waals surface area contributed by atoms with Crippen LogP contribution in [0.1, 0.15) is 25.7 Å². The van der Waals surface area contributed by atoms with Crippen LogP contribution in [0.15, 0.2) is 28.8 Å². The third-order valence-corrected chi connectivity index (χ3v) is 3.42. The Bertz CT molecular complexity index is 696. The van der Waals surface area contributed by atoms with Crippen LogP contribution in [0.3, 0.4) is 0 Å². The highest BCUT2D eigenvalue weighted by Crippen LogP contribution is 2.19. The first-order chi connectivity index (χ1) is 11.5. The van der Waals surface area contributed by atoms with E-state index in [1.54, 1.807) is 38.3 Å². The lowest BCUT2D eigenvalue weighted by molar-refractivity contribution is -0.141. The van der Waals surface area contributed by atoms with Crippen LogP contribution in [-0.4, -0.2) is 40.3 Å². The van der Waals surface area contributed by atoms with Gasteiger partial charge in [-0.05, 0) is 30.7 Å². The lowest BCUT2D eigenvalue weighted by Gasteiger charge is -2.11. The topological polar surface area (TPSA) is 115 Å². The maximum absolute atomic E-state index is 11.8. The summed E-state index contributed by atoms with van der Waals surface area (Å²) in [6, 6.07) is 6.30. The van der Waals surface area contributed by atoms with Gasteiger partial charge in [0.15, 0.2) is 0 Å². The average Bonchev–Trinajstić information content (AvgIpc) is 3.06. The van der Waals surface area contributed by atoms with Gasteiger partial charge in [-0.15, -0.1) is 0 Å². The van der Waals surface area contributed by atoms with E-state index in [4.69, 9.17) is 14.4 Å². The molecule has 0 aliphatic heterocycles. The summed E-state index contributed by atoms with van der Waals surface area (Å²) in [5.74, 6) is 0.0475. The third kappa shape index (κ3) is 4.55. The van der Waals surface area contributed by atoms with Crippen LogP contribution in [0, 0.1) is 0 Å². The zero-order chi connectivity index (χ0) is 17.5. The molecule has 24 heavy (non-hydrogen) atoms. The molecular weight excluding hydrogens is 314 g/mol. The van der Waals surface area contributed by atoms with Gasteiger partial charge < -0.3 is 19.7 Å². The van der Waals surface area contributed by atoms with E-state index in [0.717, 1.165) is 11.3 Å². The molecule has 8 heteroatoms. The molecule has 8 nitrogen and oxygen atoms in total. The van der Waals surface area contributed by atoms with Gasteiger partial charge in [0.05, 0.1) is 7.11 Å². The summed E-state index contributed by atoms with van der Waals surface area (Å²) in [5, 5.41) is 15.2. The van der Waals surface area contributed by atoms with E-state index in [0.29, 0.717) is 18.1 Å². The lowest BCUT2D eigenvalue weighted by Crippen LogP contribution is -2.40. The van der Waals surface area contributed by atoms with Crippen molar-refractivity contribution in [2.45, 2.75) is 32.2 Å². The Balaban J connectivity index is 1.91. The summed E-state index contributed by atoms with van der Waals surface area (Å²) < 4.78 is 10.2. The number of amides is 1. The van der Waals surface area contributed by atoms with Gasteiger partial charge in [-0.3, -0.25) is 4.79 Å². The SMILES string of the molecule is CCC(NC(=O)CCc1nc(-c2ccc(OC)cc2)no1)C(=O)O. The van der Waals surface area contributed by atoms with E-state index in [1.807, 2.05) is 0 Å². The first-order valence-electron chi connectivity index (χ1n) is 7.52. The molecule has 0 saturated heterocycles. The van der Waals surface area contributed by atoms with Crippen molar-refractivity contribution < 1.29 is 24.0 Å². The van der Waals surface area contributed by atoms with Crippen LogP contribution in [-0.2, 0) is 16.0 Å². The number of carbonyl (C=O) groups excluding carboxylic acids is 1. The minimum Gasteiger partial charge on any atom is -0.497 e. The molecule has 0 bridgehead atoms. The average molecular weight is 333 g/mol. The van der Waals surface area contributed by atoms with Crippen molar-refractivity contribution in [2.75, 3.05) is 7.11 Å². The van der Waals surface area contributed by atoms with Gasteiger partial charge in [0.1, 0.15) is 11.8 Å². The Labute approximate surface area is 138 Å². The smallest absolute Gasteiger partial charge is 0.326 e. The molecule has 1 heterocycles. The number of aromatic nitrogens is 2. The molecule has 1 unspecified atom stereocenters. The van der Waals surface area contributed by atoms with E-state index < -0.39 is 12.0 Å². The monoisotopic (exact) mass is 333 g/mol. The number of carboxylic acid groups (broad SMARTS) is 1. The highest BCUT2D eigenvalue weighted by atomic mass is 16.5. The zero-order valence-corrected chi connectivity index (χ0v) is 13.5. The number of rotatable bonds is 8. The zero-order valence-electron chi connectivity index (χ0n) is 13.5. The summed E-state index contributed by atoms with van der Waals surface area (Å²) in [7, 11) is 1.58. The molecule has 1 aromatic heterocycles. The molecule has 1 aromatic carbocycles. The number of hydrogen-bond donors (Lipinski definition) is 2. The first kappa shape index (κ1) is 17.5. The summed E-state index contributed by atoms with van der Waals surface area (Å²) in [6.45, 7) is 1.69. The molecule has 0 spiro atoms. The number of benzene rings is 1. The highest BCUT2D eigenvalue weighted by molar-refractivity contribution is 5.83. The van der Waals surface area contributed by atoms with Crippen molar-refractivity contribution >= 4 is 11.9 Å². The number of ether oxygens (including phenoxy) is 1. The number of aryl methyl sites for hydroxylation is 1. The van der Waals surface area contributed by atoms with E-state index >= 15 is 0 Å². The van der Waals surface area contributed by atoms with E-state index in [-0.39, 0.29) is 18.7 Å². The van der Waals surface area contributed by atoms with Gasteiger partial charge in [-0.25, -0.2) is 4.79 Å².